The van der Waals surface area contributed by atoms with Crippen molar-refractivity contribution in [2.45, 2.75) is 25.8 Å². The summed E-state index contributed by atoms with van der Waals surface area (Å²) in [6.07, 6.45) is 2.42. The molecule has 0 aromatic heterocycles. The molecule has 1 aliphatic carbocycles. The number of halogens is 2. The van der Waals surface area contributed by atoms with Gasteiger partial charge in [-0.05, 0) is 37.6 Å². The van der Waals surface area contributed by atoms with Gasteiger partial charge in [-0.2, -0.15) is 0 Å². The number of benzene rings is 1. The molecule has 4 heteroatoms. The van der Waals surface area contributed by atoms with Gasteiger partial charge >= 0.3 is 0 Å². The van der Waals surface area contributed by atoms with E-state index in [9.17, 15) is 4.79 Å². The van der Waals surface area contributed by atoms with Crippen molar-refractivity contribution >= 4 is 29.0 Å². The minimum Gasteiger partial charge on any atom is -0.293 e. The first kappa shape index (κ1) is 12.9. The second-order valence-electron chi connectivity index (χ2n) is 4.35. The summed E-state index contributed by atoms with van der Waals surface area (Å²) >= 11 is 11.7. The first-order chi connectivity index (χ1) is 8.11. The SMILES string of the molecule is CCN(CC(=O)c1ccc(Cl)c(Cl)c1)C1CC1. The van der Waals surface area contributed by atoms with Crippen LogP contribution in [0.1, 0.15) is 30.1 Å². The fourth-order valence-electron chi connectivity index (χ4n) is 1.88. The highest BCUT2D eigenvalue weighted by Gasteiger charge is 2.29. The van der Waals surface area contributed by atoms with Gasteiger partial charge in [0.05, 0.1) is 16.6 Å². The molecule has 0 unspecified atom stereocenters. The van der Waals surface area contributed by atoms with Crippen LogP contribution in [0.25, 0.3) is 0 Å². The van der Waals surface area contributed by atoms with Gasteiger partial charge in [0.25, 0.3) is 0 Å². The lowest BCUT2D eigenvalue weighted by molar-refractivity contribution is 0.0928. The molecule has 0 saturated heterocycles. The first-order valence-electron chi connectivity index (χ1n) is 5.84. The number of hydrogen-bond donors (Lipinski definition) is 0. The van der Waals surface area contributed by atoms with Crippen LogP contribution < -0.4 is 0 Å². The van der Waals surface area contributed by atoms with Crippen LogP contribution in [-0.2, 0) is 0 Å². The van der Waals surface area contributed by atoms with Crippen molar-refractivity contribution in [1.82, 2.24) is 4.90 Å². The maximum atomic E-state index is 12.1. The first-order valence-corrected chi connectivity index (χ1v) is 6.59. The molecule has 1 aromatic carbocycles. The lowest BCUT2D eigenvalue weighted by atomic mass is 10.1. The van der Waals surface area contributed by atoms with E-state index in [1.54, 1.807) is 18.2 Å². The Bertz CT molecular complexity index is 429. The number of carbonyl (C=O) groups is 1. The van der Waals surface area contributed by atoms with Crippen molar-refractivity contribution in [2.24, 2.45) is 0 Å². The molecule has 1 fully saturated rings. The Labute approximate surface area is 112 Å². The maximum absolute atomic E-state index is 12.1. The van der Waals surface area contributed by atoms with Crippen LogP contribution in [-0.4, -0.2) is 29.8 Å². The molecule has 0 bridgehead atoms. The normalized spacial score (nSPS) is 15.3. The van der Waals surface area contributed by atoms with E-state index in [-0.39, 0.29) is 5.78 Å². The highest BCUT2D eigenvalue weighted by Crippen LogP contribution is 2.27. The van der Waals surface area contributed by atoms with E-state index in [2.05, 4.69) is 11.8 Å². The summed E-state index contributed by atoms with van der Waals surface area (Å²) in [4.78, 5) is 14.3. The number of rotatable bonds is 5. The molecule has 92 valence electrons. The van der Waals surface area contributed by atoms with Crippen LogP contribution in [0.4, 0.5) is 0 Å². The molecule has 1 aromatic rings. The largest absolute Gasteiger partial charge is 0.293 e. The van der Waals surface area contributed by atoms with Gasteiger partial charge in [0, 0.05) is 11.6 Å². The number of Topliss-reactive ketones (excluding diaryl/α,β-unsaturated/α-hetero) is 1. The molecule has 0 spiro atoms. The zero-order valence-corrected chi connectivity index (χ0v) is 11.3. The number of hydrogen-bond acceptors (Lipinski definition) is 2. The van der Waals surface area contributed by atoms with E-state index >= 15 is 0 Å². The van der Waals surface area contributed by atoms with Crippen molar-refractivity contribution in [2.75, 3.05) is 13.1 Å². The van der Waals surface area contributed by atoms with E-state index in [1.165, 1.54) is 12.8 Å². The predicted octanol–water partition coefficient (Wildman–Crippen LogP) is 3.66. The van der Waals surface area contributed by atoms with Gasteiger partial charge in [0.2, 0.25) is 0 Å². The van der Waals surface area contributed by atoms with Gasteiger partial charge < -0.3 is 0 Å². The number of nitrogens with zero attached hydrogens (tertiary/aromatic N) is 1. The monoisotopic (exact) mass is 271 g/mol. The molecule has 0 N–H and O–H groups in total. The number of carbonyl (C=O) groups excluding carboxylic acids is 1. The van der Waals surface area contributed by atoms with Crippen molar-refractivity contribution in [3.8, 4) is 0 Å². The molecule has 0 aliphatic heterocycles. The summed E-state index contributed by atoms with van der Waals surface area (Å²) < 4.78 is 0. The Hall–Kier alpha value is -0.570. The minimum atomic E-state index is 0.109. The highest BCUT2D eigenvalue weighted by atomic mass is 35.5. The van der Waals surface area contributed by atoms with Crippen LogP contribution in [0.5, 0.6) is 0 Å². The van der Waals surface area contributed by atoms with Gasteiger partial charge in [-0.15, -0.1) is 0 Å². The lowest BCUT2D eigenvalue weighted by Gasteiger charge is -2.18. The summed E-state index contributed by atoms with van der Waals surface area (Å²) in [5.41, 5.74) is 0.638. The quantitative estimate of drug-likeness (QED) is 0.762. The Kier molecular flexibility index (Phi) is 4.08. The fraction of sp³-hybridized carbons (Fsp3) is 0.462. The standard InChI is InChI=1S/C13H15Cl2NO/c1-2-16(10-4-5-10)8-13(17)9-3-6-11(14)12(15)7-9/h3,6-7,10H,2,4-5,8H2,1H3. The van der Waals surface area contributed by atoms with E-state index in [1.807, 2.05) is 0 Å². The number of likely N-dealkylation sites (N-methyl/N-ethyl adjacent to an activating group) is 1. The average Bonchev–Trinajstić information content (AvgIpc) is 3.13. The summed E-state index contributed by atoms with van der Waals surface area (Å²) in [6.45, 7) is 3.47. The van der Waals surface area contributed by atoms with E-state index in [4.69, 9.17) is 23.2 Å². The zero-order valence-electron chi connectivity index (χ0n) is 9.75. The Morgan fingerprint density at radius 1 is 1.35 bits per heavy atom. The molecule has 0 atom stereocenters. The Morgan fingerprint density at radius 3 is 2.59 bits per heavy atom. The minimum absolute atomic E-state index is 0.109. The van der Waals surface area contributed by atoms with E-state index < -0.39 is 0 Å². The number of ketones is 1. The van der Waals surface area contributed by atoms with Gasteiger partial charge in [0.1, 0.15) is 0 Å². The van der Waals surface area contributed by atoms with Crippen LogP contribution >= 0.6 is 23.2 Å². The van der Waals surface area contributed by atoms with Crippen LogP contribution in [0.15, 0.2) is 18.2 Å². The summed E-state index contributed by atoms with van der Waals surface area (Å²) in [5, 5.41) is 0.921. The van der Waals surface area contributed by atoms with Crippen molar-refractivity contribution < 1.29 is 4.79 Å². The molecule has 0 heterocycles. The highest BCUT2D eigenvalue weighted by molar-refractivity contribution is 6.42. The summed E-state index contributed by atoms with van der Waals surface area (Å²) in [7, 11) is 0. The molecule has 1 aliphatic rings. The molecular weight excluding hydrogens is 257 g/mol. The van der Waals surface area contributed by atoms with Crippen LogP contribution in [0.3, 0.4) is 0 Å². The van der Waals surface area contributed by atoms with E-state index in [0.717, 1.165) is 6.54 Å². The lowest BCUT2D eigenvalue weighted by Crippen LogP contribution is -2.31. The summed E-state index contributed by atoms with van der Waals surface area (Å²) in [6, 6.07) is 5.65. The predicted molar refractivity (Wildman–Crippen MR) is 71.1 cm³/mol. The summed E-state index contributed by atoms with van der Waals surface area (Å²) in [5.74, 6) is 0.109. The van der Waals surface area contributed by atoms with Crippen LogP contribution in [0.2, 0.25) is 10.0 Å². The topological polar surface area (TPSA) is 20.3 Å². The Morgan fingerprint density at radius 2 is 2.06 bits per heavy atom. The van der Waals surface area contributed by atoms with Gasteiger partial charge in [-0.25, -0.2) is 0 Å². The van der Waals surface area contributed by atoms with Crippen molar-refractivity contribution in [3.63, 3.8) is 0 Å². The molecule has 1 saturated carbocycles. The van der Waals surface area contributed by atoms with Crippen molar-refractivity contribution in [1.29, 1.82) is 0 Å². The molecule has 0 radical (unpaired) electrons. The third kappa shape index (κ3) is 3.21. The van der Waals surface area contributed by atoms with Gasteiger partial charge in [0.15, 0.2) is 5.78 Å². The molecule has 17 heavy (non-hydrogen) atoms. The molecule has 2 nitrogen and oxygen atoms in total. The molecular formula is C13H15Cl2NO. The third-order valence-corrected chi connectivity index (χ3v) is 3.80. The second-order valence-corrected chi connectivity index (χ2v) is 5.16. The third-order valence-electron chi connectivity index (χ3n) is 3.06. The zero-order chi connectivity index (χ0) is 12.4. The van der Waals surface area contributed by atoms with Gasteiger partial charge in [-0.3, -0.25) is 9.69 Å². The molecule has 2 rings (SSSR count). The maximum Gasteiger partial charge on any atom is 0.176 e. The molecule has 0 amide bonds. The smallest absolute Gasteiger partial charge is 0.176 e. The average molecular weight is 272 g/mol. The van der Waals surface area contributed by atoms with Crippen LogP contribution in [0, 0.1) is 0 Å². The Balaban J connectivity index is 2.05. The fourth-order valence-corrected chi connectivity index (χ4v) is 2.18. The van der Waals surface area contributed by atoms with Gasteiger partial charge in [-0.1, -0.05) is 30.1 Å². The van der Waals surface area contributed by atoms with Crippen molar-refractivity contribution in [3.05, 3.63) is 33.8 Å². The second kappa shape index (κ2) is 5.38. The van der Waals surface area contributed by atoms with E-state index in [0.29, 0.717) is 28.2 Å².